The van der Waals surface area contributed by atoms with Gasteiger partial charge in [-0.3, -0.25) is 5.10 Å². The highest BCUT2D eigenvalue weighted by molar-refractivity contribution is 5.94. The van der Waals surface area contributed by atoms with Crippen molar-refractivity contribution in [2.75, 3.05) is 30.3 Å². The van der Waals surface area contributed by atoms with Crippen LogP contribution in [-0.4, -0.2) is 57.0 Å². The summed E-state index contributed by atoms with van der Waals surface area (Å²) in [6.45, 7) is 3.34. The first-order chi connectivity index (χ1) is 17.8. The van der Waals surface area contributed by atoms with E-state index < -0.39 is 0 Å². The van der Waals surface area contributed by atoms with Crippen molar-refractivity contribution in [1.82, 2.24) is 25.1 Å². The highest BCUT2D eigenvalue weighted by Crippen LogP contribution is 2.34. The summed E-state index contributed by atoms with van der Waals surface area (Å²) in [6.07, 6.45) is 4.65. The number of aromatic amines is 1. The number of hydrogen-bond donors (Lipinski definition) is 3. The molecular formula is C28H27N7O. The summed E-state index contributed by atoms with van der Waals surface area (Å²) in [5.41, 5.74) is 4.76. The van der Waals surface area contributed by atoms with E-state index in [0.29, 0.717) is 5.82 Å². The average Bonchev–Trinajstić information content (AvgIpc) is 3.25. The number of epoxide rings is 1. The number of likely N-dealkylation sites (tertiary alicyclic amines) is 1. The van der Waals surface area contributed by atoms with Gasteiger partial charge in [0.1, 0.15) is 11.9 Å². The molecule has 3 aromatic carbocycles. The normalized spacial score (nSPS) is 19.7. The first kappa shape index (κ1) is 21.3. The molecule has 5 aromatic rings. The van der Waals surface area contributed by atoms with Gasteiger partial charge in [-0.25, -0.2) is 9.97 Å². The van der Waals surface area contributed by atoms with Crippen molar-refractivity contribution in [1.29, 1.82) is 0 Å². The summed E-state index contributed by atoms with van der Waals surface area (Å²) in [4.78, 5) is 12.4. The van der Waals surface area contributed by atoms with E-state index in [1.165, 1.54) is 25.9 Å². The number of benzene rings is 3. The third-order valence-electron chi connectivity index (χ3n) is 6.99. The van der Waals surface area contributed by atoms with Crippen molar-refractivity contribution in [3.8, 4) is 11.4 Å². The molecule has 8 nitrogen and oxygen atoms in total. The van der Waals surface area contributed by atoms with Gasteiger partial charge in [0.15, 0.2) is 12.1 Å². The Morgan fingerprint density at radius 3 is 2.78 bits per heavy atom. The van der Waals surface area contributed by atoms with Crippen LogP contribution in [0.3, 0.4) is 0 Å². The standard InChI is InChI=1S/C28H27N7O/c1-3-9-23-20(7-1)26(30-19-11-12-22-18(15-19)16-29-34-22)33-27(31-23)21-8-2-4-10-24(21)32-28-25(36-28)17-35-13-5-6-14-35/h1-4,7-12,15-16,25,28,32H,5-6,13-14,17H2,(H,29,34)(H,30,31,33). The predicted octanol–water partition coefficient (Wildman–Crippen LogP) is 5.15. The van der Waals surface area contributed by atoms with E-state index in [1.807, 2.05) is 54.7 Å². The summed E-state index contributed by atoms with van der Waals surface area (Å²) < 4.78 is 5.96. The number of rotatable bonds is 7. The highest BCUT2D eigenvalue weighted by Gasteiger charge is 2.40. The van der Waals surface area contributed by atoms with E-state index in [1.54, 1.807) is 0 Å². The molecule has 0 bridgehead atoms. The summed E-state index contributed by atoms with van der Waals surface area (Å²) >= 11 is 0. The summed E-state index contributed by atoms with van der Waals surface area (Å²) in [5, 5.41) is 16.2. The molecule has 2 aromatic heterocycles. The molecule has 0 aliphatic carbocycles. The van der Waals surface area contributed by atoms with Gasteiger partial charge in [-0.1, -0.05) is 24.3 Å². The van der Waals surface area contributed by atoms with Crippen molar-refractivity contribution in [2.24, 2.45) is 0 Å². The fraction of sp³-hybridized carbons (Fsp3) is 0.250. The first-order valence-electron chi connectivity index (χ1n) is 12.5. The monoisotopic (exact) mass is 477 g/mol. The smallest absolute Gasteiger partial charge is 0.164 e. The number of H-pyrrole nitrogens is 1. The molecule has 2 atom stereocenters. The van der Waals surface area contributed by atoms with E-state index in [2.05, 4.69) is 43.9 Å². The fourth-order valence-corrected chi connectivity index (χ4v) is 5.04. The maximum Gasteiger partial charge on any atom is 0.164 e. The zero-order chi connectivity index (χ0) is 23.9. The summed E-state index contributed by atoms with van der Waals surface area (Å²) in [5.74, 6) is 1.43. The molecule has 8 heteroatoms. The third-order valence-corrected chi connectivity index (χ3v) is 6.99. The first-order valence-corrected chi connectivity index (χ1v) is 12.5. The van der Waals surface area contributed by atoms with Crippen molar-refractivity contribution >= 4 is 39.0 Å². The van der Waals surface area contributed by atoms with Crippen LogP contribution in [0.15, 0.2) is 72.9 Å². The topological polar surface area (TPSA) is 94.3 Å². The quantitative estimate of drug-likeness (QED) is 0.279. The SMILES string of the molecule is c1ccc(-c2nc(Nc3ccc4[nH]ncc4c3)c3ccccc3n2)c(NC2OC2CN2CCCC2)c1. The minimum atomic E-state index is 0.0199. The van der Waals surface area contributed by atoms with Crippen LogP contribution in [0, 0.1) is 0 Å². The predicted molar refractivity (Wildman–Crippen MR) is 142 cm³/mol. The van der Waals surface area contributed by atoms with Crippen LogP contribution in [0.2, 0.25) is 0 Å². The average molecular weight is 478 g/mol. The Balaban J connectivity index is 1.20. The number of para-hydroxylation sites is 2. The molecule has 0 radical (unpaired) electrons. The maximum atomic E-state index is 5.96. The van der Waals surface area contributed by atoms with Crippen LogP contribution in [-0.2, 0) is 4.74 Å². The Bertz CT molecular complexity index is 1540. The molecule has 2 unspecified atom stereocenters. The third kappa shape index (κ3) is 4.14. The van der Waals surface area contributed by atoms with Gasteiger partial charge in [0.2, 0.25) is 0 Å². The second-order valence-corrected chi connectivity index (χ2v) is 9.50. The van der Waals surface area contributed by atoms with Crippen molar-refractivity contribution < 1.29 is 4.74 Å². The minimum Gasteiger partial charge on any atom is -0.357 e. The number of ether oxygens (including phenoxy) is 1. The van der Waals surface area contributed by atoms with Crippen LogP contribution in [0.25, 0.3) is 33.2 Å². The zero-order valence-electron chi connectivity index (χ0n) is 19.8. The molecular weight excluding hydrogens is 450 g/mol. The number of nitrogens with one attached hydrogen (secondary N) is 3. The Morgan fingerprint density at radius 1 is 0.972 bits per heavy atom. The number of nitrogens with zero attached hydrogens (tertiary/aromatic N) is 4. The Morgan fingerprint density at radius 2 is 1.83 bits per heavy atom. The van der Waals surface area contributed by atoms with Gasteiger partial charge in [-0.2, -0.15) is 5.10 Å². The van der Waals surface area contributed by atoms with Crippen LogP contribution in [0.4, 0.5) is 17.2 Å². The van der Waals surface area contributed by atoms with Gasteiger partial charge in [0.05, 0.1) is 17.2 Å². The van der Waals surface area contributed by atoms with Crippen molar-refractivity contribution in [3.63, 3.8) is 0 Å². The molecule has 0 spiro atoms. The van der Waals surface area contributed by atoms with Crippen molar-refractivity contribution in [2.45, 2.75) is 25.2 Å². The molecule has 7 rings (SSSR count). The van der Waals surface area contributed by atoms with Crippen molar-refractivity contribution in [3.05, 3.63) is 72.9 Å². The lowest BCUT2D eigenvalue weighted by Gasteiger charge is -2.14. The highest BCUT2D eigenvalue weighted by atomic mass is 16.6. The summed E-state index contributed by atoms with van der Waals surface area (Å²) in [6, 6.07) is 22.4. The lowest BCUT2D eigenvalue weighted by Crippen LogP contribution is -2.26. The molecule has 2 saturated heterocycles. The molecule has 2 aliphatic heterocycles. The molecule has 4 heterocycles. The van der Waals surface area contributed by atoms with Crippen LogP contribution in [0.5, 0.6) is 0 Å². The van der Waals surface area contributed by atoms with Gasteiger partial charge >= 0.3 is 0 Å². The molecule has 180 valence electrons. The molecule has 0 saturated carbocycles. The Hall–Kier alpha value is -4.01. The molecule has 0 amide bonds. The van der Waals surface area contributed by atoms with E-state index in [9.17, 15) is 0 Å². The van der Waals surface area contributed by atoms with Crippen LogP contribution in [0.1, 0.15) is 12.8 Å². The zero-order valence-corrected chi connectivity index (χ0v) is 19.8. The summed E-state index contributed by atoms with van der Waals surface area (Å²) in [7, 11) is 0. The lowest BCUT2D eigenvalue weighted by atomic mass is 10.1. The van der Waals surface area contributed by atoms with E-state index in [-0.39, 0.29) is 12.3 Å². The number of anilines is 3. The van der Waals surface area contributed by atoms with Gasteiger partial charge in [-0.05, 0) is 68.4 Å². The van der Waals surface area contributed by atoms with E-state index in [0.717, 1.165) is 51.1 Å². The number of aromatic nitrogens is 4. The fourth-order valence-electron chi connectivity index (χ4n) is 5.04. The van der Waals surface area contributed by atoms with Gasteiger partial charge in [0, 0.05) is 34.3 Å². The largest absolute Gasteiger partial charge is 0.357 e. The lowest BCUT2D eigenvalue weighted by molar-refractivity contribution is 0.283. The molecule has 2 fully saturated rings. The minimum absolute atomic E-state index is 0.0199. The van der Waals surface area contributed by atoms with E-state index in [4.69, 9.17) is 14.7 Å². The van der Waals surface area contributed by atoms with Crippen LogP contribution >= 0.6 is 0 Å². The Kier molecular flexibility index (Phi) is 5.26. The second-order valence-electron chi connectivity index (χ2n) is 9.50. The van der Waals surface area contributed by atoms with Gasteiger partial charge < -0.3 is 20.3 Å². The number of hydrogen-bond acceptors (Lipinski definition) is 7. The molecule has 36 heavy (non-hydrogen) atoms. The van der Waals surface area contributed by atoms with Crippen LogP contribution < -0.4 is 10.6 Å². The van der Waals surface area contributed by atoms with Gasteiger partial charge in [-0.15, -0.1) is 0 Å². The van der Waals surface area contributed by atoms with Gasteiger partial charge in [0.25, 0.3) is 0 Å². The number of fused-ring (bicyclic) bond motifs is 2. The van der Waals surface area contributed by atoms with E-state index >= 15 is 0 Å². The second kappa shape index (κ2) is 8.89. The molecule has 2 aliphatic rings. The molecule has 3 N–H and O–H groups in total. The Labute approximate surface area is 208 Å². The maximum absolute atomic E-state index is 5.96.